The third-order valence-corrected chi connectivity index (χ3v) is 3.20. The van der Waals surface area contributed by atoms with Crippen molar-refractivity contribution in [3.8, 4) is 0 Å². The second-order valence-corrected chi connectivity index (χ2v) is 4.63. The highest BCUT2D eigenvalue weighted by Crippen LogP contribution is 2.20. The highest BCUT2D eigenvalue weighted by molar-refractivity contribution is 7.98. The van der Waals surface area contributed by atoms with Crippen LogP contribution in [0, 0.1) is 0 Å². The van der Waals surface area contributed by atoms with E-state index in [4.69, 9.17) is 4.74 Å². The van der Waals surface area contributed by atoms with Crippen LogP contribution in [-0.4, -0.2) is 30.8 Å². The van der Waals surface area contributed by atoms with Gasteiger partial charge in [0.2, 0.25) is 0 Å². The summed E-state index contributed by atoms with van der Waals surface area (Å²) in [6.45, 7) is 5.39. The first-order valence-corrected chi connectivity index (χ1v) is 7.05. The molecule has 0 aliphatic carbocycles. The Morgan fingerprint density at radius 2 is 2.16 bits per heavy atom. The Balaban J connectivity index is 2.68. The molecule has 0 saturated heterocycles. The molecule has 5 heteroatoms. The van der Waals surface area contributed by atoms with Gasteiger partial charge >= 0.3 is 5.97 Å². The fraction of sp³-hybridized carbons (Fsp3) is 0.286. The van der Waals surface area contributed by atoms with E-state index in [0.717, 1.165) is 4.90 Å². The molecule has 1 atom stereocenters. The minimum atomic E-state index is -0.831. The fourth-order valence-electron chi connectivity index (χ4n) is 1.41. The third kappa shape index (κ3) is 4.44. The molecule has 1 aromatic carbocycles. The van der Waals surface area contributed by atoms with E-state index in [-0.39, 0.29) is 5.91 Å². The molecule has 102 valence electrons. The van der Waals surface area contributed by atoms with Crippen LogP contribution in [0.1, 0.15) is 17.3 Å². The summed E-state index contributed by atoms with van der Waals surface area (Å²) in [5, 5.41) is 2.58. The normalized spacial score (nSPS) is 11.5. The van der Waals surface area contributed by atoms with Crippen LogP contribution in [-0.2, 0) is 9.53 Å². The minimum absolute atomic E-state index is 0.338. The number of thioether (sulfide) groups is 1. The van der Waals surface area contributed by atoms with Crippen molar-refractivity contribution in [1.29, 1.82) is 0 Å². The monoisotopic (exact) mass is 279 g/mol. The maximum atomic E-state index is 12.0. The number of nitrogens with one attached hydrogen (secondary N) is 1. The molecule has 0 aliphatic rings. The number of hydrogen-bond donors (Lipinski definition) is 1. The van der Waals surface area contributed by atoms with Gasteiger partial charge in [-0.25, -0.2) is 4.79 Å². The zero-order chi connectivity index (χ0) is 14.3. The Kier molecular flexibility index (Phi) is 6.15. The summed E-state index contributed by atoms with van der Waals surface area (Å²) in [5.74, 6) is -0.832. The predicted molar refractivity (Wildman–Crippen MR) is 76.3 cm³/mol. The van der Waals surface area contributed by atoms with Crippen LogP contribution in [0.15, 0.2) is 41.8 Å². The van der Waals surface area contributed by atoms with Gasteiger partial charge in [0, 0.05) is 11.4 Å². The van der Waals surface area contributed by atoms with Crippen molar-refractivity contribution in [2.75, 3.05) is 12.8 Å². The summed E-state index contributed by atoms with van der Waals surface area (Å²) >= 11 is 1.46. The number of carbonyl (C=O) groups is 2. The Bertz CT molecular complexity index is 474. The van der Waals surface area contributed by atoms with Gasteiger partial charge in [0.05, 0.1) is 5.56 Å². The van der Waals surface area contributed by atoms with Crippen LogP contribution in [0.4, 0.5) is 0 Å². The highest BCUT2D eigenvalue weighted by Gasteiger charge is 2.19. The number of carbonyl (C=O) groups excluding carboxylic acids is 2. The lowest BCUT2D eigenvalue weighted by molar-refractivity contribution is -0.128. The third-order valence-electron chi connectivity index (χ3n) is 2.40. The van der Waals surface area contributed by atoms with Crippen molar-refractivity contribution in [3.63, 3.8) is 0 Å². The smallest absolute Gasteiger partial charge is 0.340 e. The SMILES string of the molecule is C=CCNC(=O)[C@H](C)OC(=O)c1ccccc1SC. The molecule has 4 nitrogen and oxygen atoms in total. The number of rotatable bonds is 6. The van der Waals surface area contributed by atoms with Crippen LogP contribution in [0.5, 0.6) is 0 Å². The maximum Gasteiger partial charge on any atom is 0.340 e. The molecule has 0 unspecified atom stereocenters. The molecule has 19 heavy (non-hydrogen) atoms. The summed E-state index contributed by atoms with van der Waals surface area (Å²) < 4.78 is 5.14. The first-order chi connectivity index (χ1) is 9.10. The highest BCUT2D eigenvalue weighted by atomic mass is 32.2. The van der Waals surface area contributed by atoms with Crippen molar-refractivity contribution in [1.82, 2.24) is 5.32 Å². The summed E-state index contributed by atoms with van der Waals surface area (Å²) in [6.07, 6.45) is 2.62. The first kappa shape index (κ1) is 15.3. The largest absolute Gasteiger partial charge is 0.449 e. The summed E-state index contributed by atoms with van der Waals surface area (Å²) in [6, 6.07) is 7.13. The average Bonchev–Trinajstić information content (AvgIpc) is 2.44. The van der Waals surface area contributed by atoms with E-state index in [0.29, 0.717) is 12.1 Å². The molecule has 1 aromatic rings. The van der Waals surface area contributed by atoms with E-state index in [1.54, 1.807) is 18.2 Å². The summed E-state index contributed by atoms with van der Waals surface area (Å²) in [5.41, 5.74) is 0.471. The van der Waals surface area contributed by atoms with E-state index < -0.39 is 12.1 Å². The van der Waals surface area contributed by atoms with Gasteiger partial charge in [-0.3, -0.25) is 4.79 Å². The molecule has 0 fully saturated rings. The van der Waals surface area contributed by atoms with Gasteiger partial charge in [0.1, 0.15) is 0 Å². The van der Waals surface area contributed by atoms with Crippen molar-refractivity contribution in [3.05, 3.63) is 42.5 Å². The molecule has 1 rings (SSSR count). The predicted octanol–water partition coefficient (Wildman–Crippen LogP) is 2.26. The molecule has 0 spiro atoms. The van der Waals surface area contributed by atoms with Crippen molar-refractivity contribution in [2.45, 2.75) is 17.9 Å². The molecular formula is C14H17NO3S. The molecule has 0 radical (unpaired) electrons. The molecule has 1 N–H and O–H groups in total. The average molecular weight is 279 g/mol. The molecule has 0 heterocycles. The Morgan fingerprint density at radius 3 is 2.79 bits per heavy atom. The van der Waals surface area contributed by atoms with Crippen molar-refractivity contribution < 1.29 is 14.3 Å². The lowest BCUT2D eigenvalue weighted by Gasteiger charge is -2.13. The lowest BCUT2D eigenvalue weighted by Crippen LogP contribution is -2.35. The van der Waals surface area contributed by atoms with Crippen LogP contribution >= 0.6 is 11.8 Å². The molecule has 1 amide bonds. The fourth-order valence-corrected chi connectivity index (χ4v) is 1.99. The van der Waals surface area contributed by atoms with Gasteiger partial charge in [0.15, 0.2) is 6.10 Å². The number of ether oxygens (including phenoxy) is 1. The first-order valence-electron chi connectivity index (χ1n) is 5.82. The molecule has 0 saturated carbocycles. The lowest BCUT2D eigenvalue weighted by atomic mass is 10.2. The van der Waals surface area contributed by atoms with Gasteiger partial charge in [-0.1, -0.05) is 18.2 Å². The van der Waals surface area contributed by atoms with Crippen LogP contribution in [0.3, 0.4) is 0 Å². The van der Waals surface area contributed by atoms with Gasteiger partial charge in [0.25, 0.3) is 5.91 Å². The number of esters is 1. The van der Waals surface area contributed by atoms with E-state index in [1.165, 1.54) is 18.7 Å². The number of hydrogen-bond acceptors (Lipinski definition) is 4. The topological polar surface area (TPSA) is 55.4 Å². The zero-order valence-electron chi connectivity index (χ0n) is 11.0. The molecule has 0 bridgehead atoms. The second-order valence-electron chi connectivity index (χ2n) is 3.78. The summed E-state index contributed by atoms with van der Waals surface area (Å²) in [4.78, 5) is 24.4. The number of amides is 1. The Labute approximate surface area is 117 Å². The van der Waals surface area contributed by atoms with Gasteiger partial charge in [-0.2, -0.15) is 0 Å². The van der Waals surface area contributed by atoms with Crippen LogP contribution in [0.25, 0.3) is 0 Å². The summed E-state index contributed by atoms with van der Waals surface area (Å²) in [7, 11) is 0. The van der Waals surface area contributed by atoms with E-state index in [9.17, 15) is 9.59 Å². The molecular weight excluding hydrogens is 262 g/mol. The van der Waals surface area contributed by atoms with Gasteiger partial charge < -0.3 is 10.1 Å². The minimum Gasteiger partial charge on any atom is -0.449 e. The second kappa shape index (κ2) is 7.63. The van der Waals surface area contributed by atoms with E-state index in [1.807, 2.05) is 18.4 Å². The molecule has 0 aromatic heterocycles. The van der Waals surface area contributed by atoms with Crippen molar-refractivity contribution >= 4 is 23.6 Å². The van der Waals surface area contributed by atoms with Crippen LogP contribution in [0.2, 0.25) is 0 Å². The standard InChI is InChI=1S/C14H17NO3S/c1-4-9-15-13(16)10(2)18-14(17)11-7-5-6-8-12(11)19-3/h4-8,10H,1,9H2,2-3H3,(H,15,16)/t10-/m0/s1. The van der Waals surface area contributed by atoms with E-state index >= 15 is 0 Å². The maximum absolute atomic E-state index is 12.0. The van der Waals surface area contributed by atoms with E-state index in [2.05, 4.69) is 11.9 Å². The number of benzene rings is 1. The Morgan fingerprint density at radius 1 is 1.47 bits per heavy atom. The van der Waals surface area contributed by atoms with Gasteiger partial charge in [-0.15, -0.1) is 18.3 Å². The van der Waals surface area contributed by atoms with Gasteiger partial charge in [-0.05, 0) is 25.3 Å². The quantitative estimate of drug-likeness (QED) is 0.493. The molecule has 0 aliphatic heterocycles. The van der Waals surface area contributed by atoms with Crippen LogP contribution < -0.4 is 5.32 Å². The van der Waals surface area contributed by atoms with Crippen molar-refractivity contribution in [2.24, 2.45) is 0 Å². The Hall–Kier alpha value is -1.75. The zero-order valence-corrected chi connectivity index (χ0v) is 11.8.